The standard InChI is InChI=1S/C27H30O3/c1-25(2)17-27(5,19-8-13-22(29)14-9-19)23-16-20(10-15-24(23)30-25)26(3,4)18-6-11-21(28)12-7-18/h6-16,28-29H,17H2,1-5H3. The molecule has 0 bridgehead atoms. The molecule has 0 spiro atoms. The monoisotopic (exact) mass is 402 g/mol. The summed E-state index contributed by atoms with van der Waals surface area (Å²) < 4.78 is 6.37. The van der Waals surface area contributed by atoms with Crippen LogP contribution in [0.2, 0.25) is 0 Å². The van der Waals surface area contributed by atoms with E-state index in [9.17, 15) is 10.2 Å². The van der Waals surface area contributed by atoms with Crippen LogP contribution in [0, 0.1) is 0 Å². The first-order valence-corrected chi connectivity index (χ1v) is 10.4. The number of phenolic OH excluding ortho intramolecular Hbond substituents is 2. The van der Waals surface area contributed by atoms with E-state index in [1.807, 2.05) is 24.3 Å². The maximum absolute atomic E-state index is 9.79. The summed E-state index contributed by atoms with van der Waals surface area (Å²) >= 11 is 0. The van der Waals surface area contributed by atoms with E-state index in [1.165, 1.54) is 5.56 Å². The molecular weight excluding hydrogens is 372 g/mol. The lowest BCUT2D eigenvalue weighted by molar-refractivity contribution is 0.0582. The van der Waals surface area contributed by atoms with E-state index in [0.29, 0.717) is 0 Å². The molecule has 156 valence electrons. The van der Waals surface area contributed by atoms with Crippen molar-refractivity contribution in [3.05, 3.63) is 89.0 Å². The molecule has 1 aliphatic rings. The lowest BCUT2D eigenvalue weighted by Crippen LogP contribution is -2.43. The number of rotatable bonds is 3. The molecule has 3 nitrogen and oxygen atoms in total. The summed E-state index contributed by atoms with van der Waals surface area (Å²) in [6.45, 7) is 10.9. The minimum absolute atomic E-state index is 0.231. The Morgan fingerprint density at radius 2 is 1.30 bits per heavy atom. The van der Waals surface area contributed by atoms with Crippen molar-refractivity contribution in [3.63, 3.8) is 0 Å². The highest BCUT2D eigenvalue weighted by molar-refractivity contribution is 5.54. The fourth-order valence-corrected chi connectivity index (χ4v) is 4.85. The number of phenols is 2. The van der Waals surface area contributed by atoms with Gasteiger partial charge in [-0.2, -0.15) is 0 Å². The molecule has 30 heavy (non-hydrogen) atoms. The van der Waals surface area contributed by atoms with Gasteiger partial charge in [-0.25, -0.2) is 0 Å². The third-order valence-corrected chi connectivity index (χ3v) is 6.55. The molecule has 2 N–H and O–H groups in total. The lowest BCUT2D eigenvalue weighted by Gasteiger charge is -2.45. The summed E-state index contributed by atoms with van der Waals surface area (Å²) in [6, 6.07) is 21.5. The van der Waals surface area contributed by atoms with E-state index in [-0.39, 0.29) is 27.9 Å². The maximum Gasteiger partial charge on any atom is 0.124 e. The summed E-state index contributed by atoms with van der Waals surface area (Å²) in [7, 11) is 0. The SMILES string of the molecule is CC1(C)CC(C)(c2ccc(O)cc2)c2cc(C(C)(C)c3ccc(O)cc3)ccc2O1. The molecule has 0 aromatic heterocycles. The Hall–Kier alpha value is -2.94. The van der Waals surface area contributed by atoms with Crippen LogP contribution < -0.4 is 4.74 Å². The number of hydrogen-bond acceptors (Lipinski definition) is 3. The van der Waals surface area contributed by atoms with Crippen LogP contribution in [-0.4, -0.2) is 15.8 Å². The zero-order valence-electron chi connectivity index (χ0n) is 18.4. The Morgan fingerprint density at radius 1 is 0.767 bits per heavy atom. The zero-order valence-corrected chi connectivity index (χ0v) is 18.4. The Labute approximate surface area is 179 Å². The number of fused-ring (bicyclic) bond motifs is 1. The second kappa shape index (κ2) is 6.80. The van der Waals surface area contributed by atoms with Gasteiger partial charge in [-0.3, -0.25) is 0 Å². The average molecular weight is 403 g/mol. The Kier molecular flexibility index (Phi) is 4.61. The second-order valence-corrected chi connectivity index (χ2v) is 9.80. The van der Waals surface area contributed by atoms with Crippen molar-refractivity contribution >= 4 is 0 Å². The third-order valence-electron chi connectivity index (χ3n) is 6.55. The van der Waals surface area contributed by atoms with Crippen LogP contribution in [0.15, 0.2) is 66.7 Å². The molecule has 1 atom stereocenters. The minimum Gasteiger partial charge on any atom is -0.508 e. The van der Waals surface area contributed by atoms with Crippen LogP contribution in [0.25, 0.3) is 0 Å². The smallest absolute Gasteiger partial charge is 0.124 e. The topological polar surface area (TPSA) is 49.7 Å². The molecule has 0 amide bonds. The Bertz CT molecular complexity index is 1060. The van der Waals surface area contributed by atoms with E-state index < -0.39 is 0 Å². The maximum atomic E-state index is 9.79. The first kappa shape index (κ1) is 20.3. The van der Waals surface area contributed by atoms with Crippen molar-refractivity contribution in [3.8, 4) is 17.2 Å². The van der Waals surface area contributed by atoms with Crippen molar-refractivity contribution in [2.45, 2.75) is 57.5 Å². The number of ether oxygens (including phenoxy) is 1. The summed E-state index contributed by atoms with van der Waals surface area (Å²) in [5.41, 5.74) is 3.89. The van der Waals surface area contributed by atoms with Crippen molar-refractivity contribution in [2.24, 2.45) is 0 Å². The van der Waals surface area contributed by atoms with E-state index in [2.05, 4.69) is 52.8 Å². The van der Waals surface area contributed by atoms with Gasteiger partial charge in [0.1, 0.15) is 22.8 Å². The molecule has 1 aliphatic heterocycles. The van der Waals surface area contributed by atoms with Gasteiger partial charge in [0.05, 0.1) is 0 Å². The molecule has 0 aliphatic carbocycles. The van der Waals surface area contributed by atoms with Crippen LogP contribution >= 0.6 is 0 Å². The zero-order chi connectivity index (χ0) is 21.7. The van der Waals surface area contributed by atoms with Gasteiger partial charge in [0, 0.05) is 22.8 Å². The van der Waals surface area contributed by atoms with E-state index in [1.54, 1.807) is 24.3 Å². The fraction of sp³-hybridized carbons (Fsp3) is 0.333. The predicted octanol–water partition coefficient (Wildman–Crippen LogP) is 6.29. The van der Waals surface area contributed by atoms with E-state index >= 15 is 0 Å². The molecule has 3 aromatic rings. The summed E-state index contributed by atoms with van der Waals surface area (Å²) in [5.74, 6) is 1.46. The van der Waals surface area contributed by atoms with Gasteiger partial charge in [-0.15, -0.1) is 0 Å². The van der Waals surface area contributed by atoms with Gasteiger partial charge in [-0.05, 0) is 60.9 Å². The molecule has 0 radical (unpaired) electrons. The van der Waals surface area contributed by atoms with Crippen LogP contribution in [0.3, 0.4) is 0 Å². The van der Waals surface area contributed by atoms with Gasteiger partial charge in [0.15, 0.2) is 0 Å². The van der Waals surface area contributed by atoms with Gasteiger partial charge in [0.2, 0.25) is 0 Å². The second-order valence-electron chi connectivity index (χ2n) is 9.80. The molecule has 0 saturated carbocycles. The molecule has 0 saturated heterocycles. The van der Waals surface area contributed by atoms with Crippen molar-refractivity contribution in [1.82, 2.24) is 0 Å². The first-order valence-electron chi connectivity index (χ1n) is 10.4. The van der Waals surface area contributed by atoms with Crippen LogP contribution in [0.1, 0.15) is 63.3 Å². The molecule has 3 aromatic carbocycles. The van der Waals surface area contributed by atoms with Crippen LogP contribution in [0.4, 0.5) is 0 Å². The van der Waals surface area contributed by atoms with Gasteiger partial charge < -0.3 is 14.9 Å². The van der Waals surface area contributed by atoms with E-state index in [4.69, 9.17) is 4.74 Å². The summed E-state index contributed by atoms with van der Waals surface area (Å²) in [4.78, 5) is 0. The highest BCUT2D eigenvalue weighted by Crippen LogP contribution is 2.50. The number of benzene rings is 3. The highest BCUT2D eigenvalue weighted by Gasteiger charge is 2.43. The normalized spacial score (nSPS) is 20.3. The molecule has 1 heterocycles. The fourth-order valence-electron chi connectivity index (χ4n) is 4.85. The van der Waals surface area contributed by atoms with E-state index in [0.717, 1.165) is 28.9 Å². The summed E-state index contributed by atoms with van der Waals surface area (Å²) in [5, 5.41) is 19.5. The minimum atomic E-state index is -0.298. The quantitative estimate of drug-likeness (QED) is 0.541. The van der Waals surface area contributed by atoms with Gasteiger partial charge in [-0.1, -0.05) is 57.2 Å². The van der Waals surface area contributed by atoms with Gasteiger partial charge >= 0.3 is 0 Å². The largest absolute Gasteiger partial charge is 0.508 e. The van der Waals surface area contributed by atoms with Crippen molar-refractivity contribution < 1.29 is 14.9 Å². The molecule has 3 heteroatoms. The predicted molar refractivity (Wildman–Crippen MR) is 121 cm³/mol. The lowest BCUT2D eigenvalue weighted by atomic mass is 9.66. The van der Waals surface area contributed by atoms with Crippen molar-refractivity contribution in [2.75, 3.05) is 0 Å². The van der Waals surface area contributed by atoms with Crippen molar-refractivity contribution in [1.29, 1.82) is 0 Å². The highest BCUT2D eigenvalue weighted by atomic mass is 16.5. The van der Waals surface area contributed by atoms with Gasteiger partial charge in [0.25, 0.3) is 0 Å². The molecule has 0 fully saturated rings. The third kappa shape index (κ3) is 3.43. The first-order chi connectivity index (χ1) is 14.0. The Morgan fingerprint density at radius 3 is 1.90 bits per heavy atom. The Balaban J connectivity index is 1.86. The molecular formula is C27H30O3. The number of aromatic hydroxyl groups is 2. The number of hydrogen-bond donors (Lipinski definition) is 2. The summed E-state index contributed by atoms with van der Waals surface area (Å²) in [6.07, 6.45) is 0.834. The molecule has 1 unspecified atom stereocenters. The average Bonchev–Trinajstić information content (AvgIpc) is 2.67. The van der Waals surface area contributed by atoms with Crippen LogP contribution in [-0.2, 0) is 10.8 Å². The molecule has 4 rings (SSSR count). The van der Waals surface area contributed by atoms with Crippen LogP contribution in [0.5, 0.6) is 17.2 Å².